The summed E-state index contributed by atoms with van der Waals surface area (Å²) in [6.07, 6.45) is 1.88. The molecule has 1 saturated heterocycles. The van der Waals surface area contributed by atoms with E-state index < -0.39 is 0 Å². The number of nitrogens with zero attached hydrogens (tertiary/aromatic N) is 1. The van der Waals surface area contributed by atoms with Gasteiger partial charge in [-0.25, -0.2) is 0 Å². The molecule has 1 amide bonds. The topological polar surface area (TPSA) is 41.6 Å². The fourth-order valence-electron chi connectivity index (χ4n) is 1.80. The van der Waals surface area contributed by atoms with Gasteiger partial charge in [0.1, 0.15) is 0 Å². The summed E-state index contributed by atoms with van der Waals surface area (Å²) in [7, 11) is 1.69. The van der Waals surface area contributed by atoms with Crippen LogP contribution < -0.4 is 5.32 Å². The van der Waals surface area contributed by atoms with E-state index in [0.29, 0.717) is 0 Å². The third-order valence-corrected chi connectivity index (χ3v) is 2.52. The molecule has 1 rings (SSSR count). The van der Waals surface area contributed by atoms with Gasteiger partial charge in [0.15, 0.2) is 0 Å². The van der Waals surface area contributed by atoms with E-state index in [1.807, 2.05) is 11.8 Å². The Bertz CT molecular complexity index is 185. The molecule has 0 radical (unpaired) electrons. The molecule has 1 aliphatic heterocycles. The first kappa shape index (κ1) is 11.5. The van der Waals surface area contributed by atoms with Crippen molar-refractivity contribution in [2.75, 3.05) is 33.4 Å². The molecule has 0 aliphatic carbocycles. The molecule has 1 aliphatic rings. The molecule has 0 aromatic rings. The van der Waals surface area contributed by atoms with E-state index in [2.05, 4.69) is 5.32 Å². The summed E-state index contributed by atoms with van der Waals surface area (Å²) in [4.78, 5) is 13.6. The van der Waals surface area contributed by atoms with Gasteiger partial charge in [0.25, 0.3) is 0 Å². The van der Waals surface area contributed by atoms with Crippen LogP contribution in [0.2, 0.25) is 0 Å². The molecule has 1 atom stereocenters. The zero-order valence-corrected chi connectivity index (χ0v) is 9.08. The number of hydrogen-bond acceptors (Lipinski definition) is 3. The number of amides is 1. The molecular formula is C10H20N2O2. The van der Waals surface area contributed by atoms with Crippen molar-refractivity contribution in [1.82, 2.24) is 10.2 Å². The molecule has 82 valence electrons. The van der Waals surface area contributed by atoms with Gasteiger partial charge < -0.3 is 15.0 Å². The quantitative estimate of drug-likeness (QED) is 0.624. The highest BCUT2D eigenvalue weighted by Gasteiger charge is 2.29. The lowest BCUT2D eigenvalue weighted by molar-refractivity contribution is -0.129. The molecule has 1 fully saturated rings. The highest BCUT2D eigenvalue weighted by Crippen LogP contribution is 2.11. The van der Waals surface area contributed by atoms with Gasteiger partial charge in [-0.15, -0.1) is 0 Å². The maximum absolute atomic E-state index is 11.7. The molecule has 14 heavy (non-hydrogen) atoms. The third kappa shape index (κ3) is 2.96. The zero-order chi connectivity index (χ0) is 10.4. The van der Waals surface area contributed by atoms with Crippen molar-refractivity contribution >= 4 is 5.91 Å². The highest BCUT2D eigenvalue weighted by atomic mass is 16.5. The standard InChI is InChI=1S/C10H20N2O2/c1-3-11-9-5-7-12(10(9)13)6-4-8-14-2/h9,11H,3-8H2,1-2H3. The first-order valence-corrected chi connectivity index (χ1v) is 5.30. The van der Waals surface area contributed by atoms with Crippen LogP contribution in [0.3, 0.4) is 0 Å². The molecule has 0 bridgehead atoms. The van der Waals surface area contributed by atoms with E-state index in [1.54, 1.807) is 7.11 Å². The average Bonchev–Trinajstić information content (AvgIpc) is 2.51. The summed E-state index contributed by atoms with van der Waals surface area (Å²) < 4.78 is 4.96. The predicted octanol–water partition coefficient (Wildman–Crippen LogP) is 0.233. The molecule has 1 N–H and O–H groups in total. The Balaban J connectivity index is 2.25. The second-order valence-electron chi connectivity index (χ2n) is 3.57. The molecule has 1 heterocycles. The summed E-state index contributed by atoms with van der Waals surface area (Å²) in [6, 6.07) is 0.0579. The van der Waals surface area contributed by atoms with Crippen molar-refractivity contribution in [2.45, 2.75) is 25.8 Å². The van der Waals surface area contributed by atoms with E-state index in [-0.39, 0.29) is 11.9 Å². The minimum Gasteiger partial charge on any atom is -0.385 e. The Morgan fingerprint density at radius 3 is 3.07 bits per heavy atom. The molecular weight excluding hydrogens is 180 g/mol. The van der Waals surface area contributed by atoms with Crippen LogP contribution in [0.25, 0.3) is 0 Å². The van der Waals surface area contributed by atoms with E-state index in [9.17, 15) is 4.79 Å². The van der Waals surface area contributed by atoms with E-state index in [4.69, 9.17) is 4.74 Å². The summed E-state index contributed by atoms with van der Waals surface area (Å²) in [5, 5.41) is 3.19. The number of carbonyl (C=O) groups is 1. The molecule has 0 saturated carbocycles. The van der Waals surface area contributed by atoms with Gasteiger partial charge in [-0.05, 0) is 19.4 Å². The summed E-state index contributed by atoms with van der Waals surface area (Å²) in [5.41, 5.74) is 0. The molecule has 0 aromatic carbocycles. The van der Waals surface area contributed by atoms with Crippen molar-refractivity contribution in [3.05, 3.63) is 0 Å². The van der Waals surface area contributed by atoms with Crippen molar-refractivity contribution < 1.29 is 9.53 Å². The minimum atomic E-state index is 0.0579. The number of rotatable bonds is 6. The van der Waals surface area contributed by atoms with Crippen LogP contribution in [0.5, 0.6) is 0 Å². The molecule has 4 heteroatoms. The minimum absolute atomic E-state index is 0.0579. The lowest BCUT2D eigenvalue weighted by Crippen LogP contribution is -2.38. The summed E-state index contributed by atoms with van der Waals surface area (Å²) in [6.45, 7) is 5.34. The van der Waals surface area contributed by atoms with Crippen LogP contribution >= 0.6 is 0 Å². The van der Waals surface area contributed by atoms with Gasteiger partial charge in [0.2, 0.25) is 5.91 Å². The maximum Gasteiger partial charge on any atom is 0.239 e. The van der Waals surface area contributed by atoms with Crippen molar-refractivity contribution in [2.24, 2.45) is 0 Å². The fraction of sp³-hybridized carbons (Fsp3) is 0.900. The van der Waals surface area contributed by atoms with Gasteiger partial charge in [-0.3, -0.25) is 4.79 Å². The van der Waals surface area contributed by atoms with Crippen LogP contribution in [0.4, 0.5) is 0 Å². The molecule has 0 aromatic heterocycles. The Kier molecular flexibility index (Phi) is 4.90. The third-order valence-electron chi connectivity index (χ3n) is 2.52. The van der Waals surface area contributed by atoms with E-state index in [1.165, 1.54) is 0 Å². The Hall–Kier alpha value is -0.610. The Morgan fingerprint density at radius 1 is 1.64 bits per heavy atom. The molecule has 0 spiro atoms. The zero-order valence-electron chi connectivity index (χ0n) is 9.08. The normalized spacial score (nSPS) is 22.0. The van der Waals surface area contributed by atoms with Gasteiger partial charge in [-0.1, -0.05) is 6.92 Å². The van der Waals surface area contributed by atoms with E-state index >= 15 is 0 Å². The van der Waals surface area contributed by atoms with Gasteiger partial charge in [0, 0.05) is 26.8 Å². The van der Waals surface area contributed by atoms with E-state index in [0.717, 1.165) is 39.1 Å². The fourth-order valence-corrected chi connectivity index (χ4v) is 1.80. The first-order valence-electron chi connectivity index (χ1n) is 5.30. The Labute approximate surface area is 85.6 Å². The molecule has 1 unspecified atom stereocenters. The van der Waals surface area contributed by atoms with Crippen LogP contribution in [-0.2, 0) is 9.53 Å². The van der Waals surface area contributed by atoms with Crippen LogP contribution in [0, 0.1) is 0 Å². The summed E-state index contributed by atoms with van der Waals surface area (Å²) >= 11 is 0. The van der Waals surface area contributed by atoms with Crippen LogP contribution in [0.15, 0.2) is 0 Å². The monoisotopic (exact) mass is 200 g/mol. The van der Waals surface area contributed by atoms with Gasteiger partial charge in [0.05, 0.1) is 6.04 Å². The lowest BCUT2D eigenvalue weighted by Gasteiger charge is -2.16. The lowest BCUT2D eigenvalue weighted by atomic mass is 10.2. The predicted molar refractivity (Wildman–Crippen MR) is 55.2 cm³/mol. The van der Waals surface area contributed by atoms with Gasteiger partial charge in [-0.2, -0.15) is 0 Å². The number of methoxy groups -OCH3 is 1. The SMILES string of the molecule is CCNC1CCN(CCCOC)C1=O. The molecule has 4 nitrogen and oxygen atoms in total. The average molecular weight is 200 g/mol. The summed E-state index contributed by atoms with van der Waals surface area (Å²) in [5.74, 6) is 0.253. The number of likely N-dealkylation sites (tertiary alicyclic amines) is 1. The highest BCUT2D eigenvalue weighted by molar-refractivity contribution is 5.83. The smallest absolute Gasteiger partial charge is 0.239 e. The number of hydrogen-bond donors (Lipinski definition) is 1. The second-order valence-corrected chi connectivity index (χ2v) is 3.57. The number of nitrogens with one attached hydrogen (secondary N) is 1. The number of ether oxygens (including phenoxy) is 1. The Morgan fingerprint density at radius 2 is 2.43 bits per heavy atom. The van der Waals surface area contributed by atoms with Crippen molar-refractivity contribution in [1.29, 1.82) is 0 Å². The maximum atomic E-state index is 11.7. The van der Waals surface area contributed by atoms with Crippen molar-refractivity contribution in [3.8, 4) is 0 Å². The largest absolute Gasteiger partial charge is 0.385 e. The van der Waals surface area contributed by atoms with Crippen LogP contribution in [-0.4, -0.2) is 50.2 Å². The van der Waals surface area contributed by atoms with Crippen molar-refractivity contribution in [3.63, 3.8) is 0 Å². The van der Waals surface area contributed by atoms with Gasteiger partial charge >= 0.3 is 0 Å². The number of likely N-dealkylation sites (N-methyl/N-ethyl adjacent to an activating group) is 1. The second kappa shape index (κ2) is 5.98. The first-order chi connectivity index (χ1) is 6.79. The van der Waals surface area contributed by atoms with Crippen LogP contribution in [0.1, 0.15) is 19.8 Å². The number of carbonyl (C=O) groups excluding carboxylic acids is 1.